The lowest BCUT2D eigenvalue weighted by molar-refractivity contribution is -0.248. The molecule has 1 aromatic carbocycles. The van der Waals surface area contributed by atoms with E-state index < -0.39 is 47.4 Å². The van der Waals surface area contributed by atoms with E-state index in [-0.39, 0.29) is 30.9 Å². The lowest BCUT2D eigenvalue weighted by atomic mass is 9.80. The van der Waals surface area contributed by atoms with Crippen LogP contribution in [0.3, 0.4) is 0 Å². The van der Waals surface area contributed by atoms with Gasteiger partial charge < -0.3 is 14.2 Å². The van der Waals surface area contributed by atoms with Gasteiger partial charge in [0, 0.05) is 35.6 Å². The minimum atomic E-state index is -4.77. The molecule has 1 heterocycles. The van der Waals surface area contributed by atoms with Crippen molar-refractivity contribution in [3.05, 3.63) is 35.4 Å². The van der Waals surface area contributed by atoms with Gasteiger partial charge in [0.1, 0.15) is 17.4 Å². The topological polar surface area (TPSA) is 27.7 Å². The smallest absolute Gasteiger partial charge is 0.409 e. The molecule has 0 aromatic heterocycles. The lowest BCUT2D eigenvalue weighted by Crippen LogP contribution is -2.42. The Morgan fingerprint density at radius 2 is 1.54 bits per heavy atom. The summed E-state index contributed by atoms with van der Waals surface area (Å²) < 4.78 is 111. The summed E-state index contributed by atoms with van der Waals surface area (Å²) in [6.07, 6.45) is -3.48. The van der Waals surface area contributed by atoms with Gasteiger partial charge in [-0.3, -0.25) is 0 Å². The molecule has 35 heavy (non-hydrogen) atoms. The number of unbranched alkanes of at least 4 members (excludes halogenated alkanes) is 2. The SMILES string of the molecule is CCCCCC1COC(C2CCC(C(F)(F)Oc3cc(F)c(C=CC(F)(F)F)c(F)c3)CC2)OC1. The van der Waals surface area contributed by atoms with E-state index in [1.807, 2.05) is 0 Å². The van der Waals surface area contributed by atoms with Gasteiger partial charge in [0.05, 0.1) is 19.1 Å². The molecule has 3 rings (SSSR count). The maximum absolute atomic E-state index is 14.7. The van der Waals surface area contributed by atoms with Crippen LogP contribution in [0.4, 0.5) is 30.7 Å². The van der Waals surface area contributed by atoms with Crippen LogP contribution in [0.15, 0.2) is 18.2 Å². The summed E-state index contributed by atoms with van der Waals surface area (Å²) in [6, 6.07) is 0.915. The molecule has 2 fully saturated rings. The Morgan fingerprint density at radius 1 is 0.943 bits per heavy atom. The summed E-state index contributed by atoms with van der Waals surface area (Å²) in [4.78, 5) is 0. The monoisotopic (exact) mass is 512 g/mol. The van der Waals surface area contributed by atoms with Crippen LogP contribution >= 0.6 is 0 Å². The van der Waals surface area contributed by atoms with Gasteiger partial charge in [-0.25, -0.2) is 8.78 Å². The lowest BCUT2D eigenvalue weighted by Gasteiger charge is -2.39. The first-order chi connectivity index (χ1) is 16.5. The van der Waals surface area contributed by atoms with Crippen LogP contribution < -0.4 is 4.74 Å². The Bertz CT molecular complexity index is 817. The zero-order valence-corrected chi connectivity index (χ0v) is 19.6. The molecule has 1 aromatic rings. The summed E-state index contributed by atoms with van der Waals surface area (Å²) >= 11 is 0. The number of rotatable bonds is 9. The van der Waals surface area contributed by atoms with E-state index >= 15 is 0 Å². The third-order valence-corrected chi connectivity index (χ3v) is 6.59. The van der Waals surface area contributed by atoms with Crippen LogP contribution in [-0.4, -0.2) is 31.8 Å². The average molecular weight is 513 g/mol. The van der Waals surface area contributed by atoms with Crippen molar-refractivity contribution < 1.29 is 44.9 Å². The third-order valence-electron chi connectivity index (χ3n) is 6.59. The second kappa shape index (κ2) is 12.0. The fraction of sp³-hybridized carbons (Fsp3) is 0.680. The molecule has 198 valence electrons. The van der Waals surface area contributed by atoms with Crippen molar-refractivity contribution in [3.63, 3.8) is 0 Å². The fourth-order valence-corrected chi connectivity index (χ4v) is 4.60. The standard InChI is InChI=1S/C25H31F7O3/c1-2-3-4-5-16-14-33-23(34-15-16)17-6-8-18(9-7-17)25(31,32)35-19-12-21(26)20(22(27)13-19)10-11-24(28,29)30/h10-13,16-18,23H,2-9,14-15H2,1H3. The Hall–Kier alpha value is -1.81. The molecule has 10 heteroatoms. The Balaban J connectivity index is 1.51. The molecule has 0 spiro atoms. The zero-order valence-electron chi connectivity index (χ0n) is 19.6. The molecule has 0 bridgehead atoms. The summed E-state index contributed by atoms with van der Waals surface area (Å²) in [6.45, 7) is 3.33. The molecule has 1 aliphatic carbocycles. The van der Waals surface area contributed by atoms with Crippen molar-refractivity contribution in [2.45, 2.75) is 76.9 Å². The van der Waals surface area contributed by atoms with E-state index in [0.29, 0.717) is 44.1 Å². The van der Waals surface area contributed by atoms with Gasteiger partial charge in [-0.05, 0) is 38.2 Å². The molecule has 1 saturated carbocycles. The van der Waals surface area contributed by atoms with Crippen LogP contribution in [0.25, 0.3) is 6.08 Å². The minimum Gasteiger partial charge on any atom is -0.432 e. The van der Waals surface area contributed by atoms with Crippen molar-refractivity contribution in [3.8, 4) is 5.75 Å². The number of hydrogen-bond donors (Lipinski definition) is 0. The quantitative estimate of drug-likeness (QED) is 0.249. The number of halogens is 7. The minimum absolute atomic E-state index is 0.0202. The molecule has 0 radical (unpaired) electrons. The Labute approximate surface area is 200 Å². The van der Waals surface area contributed by atoms with Gasteiger partial charge in [0.25, 0.3) is 0 Å². The van der Waals surface area contributed by atoms with Crippen molar-refractivity contribution in [1.29, 1.82) is 0 Å². The number of hydrogen-bond acceptors (Lipinski definition) is 3. The number of benzene rings is 1. The predicted octanol–water partition coefficient (Wildman–Crippen LogP) is 7.89. The number of ether oxygens (including phenoxy) is 3. The van der Waals surface area contributed by atoms with Crippen molar-refractivity contribution in [1.82, 2.24) is 0 Å². The number of allylic oxidation sites excluding steroid dienone is 1. The van der Waals surface area contributed by atoms with Crippen molar-refractivity contribution in [2.75, 3.05) is 13.2 Å². The van der Waals surface area contributed by atoms with Crippen LogP contribution in [0.5, 0.6) is 5.75 Å². The van der Waals surface area contributed by atoms with Crippen molar-refractivity contribution in [2.24, 2.45) is 17.8 Å². The largest absolute Gasteiger partial charge is 0.432 e. The molecule has 0 unspecified atom stereocenters. The fourth-order valence-electron chi connectivity index (χ4n) is 4.60. The van der Waals surface area contributed by atoms with Crippen LogP contribution in [-0.2, 0) is 9.47 Å². The van der Waals surface area contributed by atoms with Gasteiger partial charge in [0.15, 0.2) is 6.29 Å². The maximum Gasteiger partial charge on any atom is 0.409 e. The normalized spacial score (nSPS) is 26.3. The summed E-state index contributed by atoms with van der Waals surface area (Å²) in [5.74, 6) is -4.50. The summed E-state index contributed by atoms with van der Waals surface area (Å²) in [5.41, 5.74) is -0.987. The highest BCUT2D eigenvalue weighted by Gasteiger charge is 2.45. The van der Waals surface area contributed by atoms with E-state index in [4.69, 9.17) is 9.47 Å². The maximum atomic E-state index is 14.7. The Kier molecular flexibility index (Phi) is 9.48. The molecule has 0 atom stereocenters. The van der Waals surface area contributed by atoms with E-state index in [0.717, 1.165) is 19.3 Å². The molecule has 0 N–H and O–H groups in total. The van der Waals surface area contributed by atoms with E-state index in [2.05, 4.69) is 11.7 Å². The first-order valence-corrected chi connectivity index (χ1v) is 12.0. The van der Waals surface area contributed by atoms with Gasteiger partial charge in [-0.1, -0.05) is 26.2 Å². The Morgan fingerprint density at radius 3 is 2.09 bits per heavy atom. The molecule has 1 aliphatic heterocycles. The predicted molar refractivity (Wildman–Crippen MR) is 116 cm³/mol. The molecule has 0 amide bonds. The zero-order chi connectivity index (χ0) is 25.6. The first kappa shape index (κ1) is 27.8. The highest BCUT2D eigenvalue weighted by molar-refractivity contribution is 5.53. The van der Waals surface area contributed by atoms with Crippen LogP contribution in [0.1, 0.15) is 63.9 Å². The first-order valence-electron chi connectivity index (χ1n) is 12.0. The van der Waals surface area contributed by atoms with E-state index in [9.17, 15) is 30.7 Å². The summed E-state index contributed by atoms with van der Waals surface area (Å²) in [5, 5.41) is 0. The molecule has 1 saturated heterocycles. The average Bonchev–Trinajstić information content (AvgIpc) is 2.78. The highest BCUT2D eigenvalue weighted by Crippen LogP contribution is 2.42. The van der Waals surface area contributed by atoms with Gasteiger partial charge in [-0.2, -0.15) is 22.0 Å². The van der Waals surface area contributed by atoms with E-state index in [1.165, 1.54) is 6.42 Å². The van der Waals surface area contributed by atoms with Gasteiger partial charge in [-0.15, -0.1) is 0 Å². The van der Waals surface area contributed by atoms with Gasteiger partial charge >= 0.3 is 12.3 Å². The third kappa shape index (κ3) is 8.10. The molecular formula is C25H31F7O3. The van der Waals surface area contributed by atoms with Crippen LogP contribution in [0, 0.1) is 29.4 Å². The molecule has 3 nitrogen and oxygen atoms in total. The second-order valence-electron chi connectivity index (χ2n) is 9.35. The van der Waals surface area contributed by atoms with Gasteiger partial charge in [0.2, 0.25) is 0 Å². The van der Waals surface area contributed by atoms with Crippen molar-refractivity contribution >= 4 is 6.08 Å². The number of alkyl halides is 5. The van der Waals surface area contributed by atoms with E-state index in [1.54, 1.807) is 0 Å². The van der Waals surface area contributed by atoms with Crippen LogP contribution in [0.2, 0.25) is 0 Å². The molecule has 2 aliphatic rings. The summed E-state index contributed by atoms with van der Waals surface area (Å²) in [7, 11) is 0. The highest BCUT2D eigenvalue weighted by atomic mass is 19.4. The molecular weight excluding hydrogens is 481 g/mol. The second-order valence-corrected chi connectivity index (χ2v) is 9.35.